The van der Waals surface area contributed by atoms with Gasteiger partial charge >= 0.3 is 0 Å². The topological polar surface area (TPSA) is 79.5 Å². The first-order valence-corrected chi connectivity index (χ1v) is 7.75. The molecule has 21 heavy (non-hydrogen) atoms. The van der Waals surface area contributed by atoms with Gasteiger partial charge in [-0.15, -0.1) is 0 Å². The molecule has 4 heterocycles. The largest absolute Gasteiger partial charge is 0.484 e. The number of aromatic nitrogens is 2. The summed E-state index contributed by atoms with van der Waals surface area (Å²) >= 11 is 0. The van der Waals surface area contributed by atoms with Gasteiger partial charge in [-0.1, -0.05) is 0 Å². The third kappa shape index (κ3) is 2.07. The molecule has 0 aromatic carbocycles. The third-order valence-corrected chi connectivity index (χ3v) is 4.81. The number of rotatable bonds is 2. The number of ether oxygens (including phenoxy) is 1. The van der Waals surface area contributed by atoms with Crippen LogP contribution in [-0.2, 0) is 0 Å². The lowest BCUT2D eigenvalue weighted by Crippen LogP contribution is -2.40. The Bertz CT molecular complexity index is 551. The van der Waals surface area contributed by atoms with Gasteiger partial charge in [-0.05, 0) is 26.3 Å². The zero-order valence-electron chi connectivity index (χ0n) is 12.4. The molecule has 7 heteroatoms. The molecule has 3 aliphatic rings. The summed E-state index contributed by atoms with van der Waals surface area (Å²) in [7, 11) is 2.00. The van der Waals surface area contributed by atoms with Crippen molar-refractivity contribution in [1.82, 2.24) is 15.3 Å². The average Bonchev–Trinajstić information content (AvgIpc) is 3.15. The Morgan fingerprint density at radius 1 is 1.24 bits per heavy atom. The van der Waals surface area contributed by atoms with Crippen LogP contribution >= 0.6 is 0 Å². The minimum Gasteiger partial charge on any atom is -0.484 e. The van der Waals surface area contributed by atoms with Crippen LogP contribution in [0.2, 0.25) is 0 Å². The summed E-state index contributed by atoms with van der Waals surface area (Å²) in [5, 5.41) is 3.33. The molecule has 2 saturated heterocycles. The first-order valence-electron chi connectivity index (χ1n) is 7.75. The lowest BCUT2D eigenvalue weighted by atomic mass is 10.2. The summed E-state index contributed by atoms with van der Waals surface area (Å²) in [6.07, 6.45) is 3.48. The van der Waals surface area contributed by atoms with E-state index in [0.717, 1.165) is 50.0 Å². The van der Waals surface area contributed by atoms with Crippen LogP contribution in [0.5, 0.6) is 5.75 Å². The Labute approximate surface area is 124 Å². The Balaban J connectivity index is 1.72. The maximum Gasteiger partial charge on any atom is 0.224 e. The first kappa shape index (κ1) is 12.9. The molecule has 0 saturated carbocycles. The fourth-order valence-corrected chi connectivity index (χ4v) is 3.64. The van der Waals surface area contributed by atoms with E-state index in [1.807, 2.05) is 7.05 Å². The number of nitrogens with one attached hydrogen (secondary N) is 1. The van der Waals surface area contributed by atoms with Crippen LogP contribution in [0, 0.1) is 0 Å². The van der Waals surface area contributed by atoms with Crippen molar-refractivity contribution >= 4 is 17.6 Å². The van der Waals surface area contributed by atoms with E-state index in [1.54, 1.807) is 0 Å². The van der Waals surface area contributed by atoms with Crippen LogP contribution in [0.25, 0.3) is 0 Å². The highest BCUT2D eigenvalue weighted by Crippen LogP contribution is 2.42. The molecular weight excluding hydrogens is 268 g/mol. The van der Waals surface area contributed by atoms with Crippen molar-refractivity contribution in [2.45, 2.75) is 31.3 Å². The van der Waals surface area contributed by atoms with Crippen LogP contribution in [0.1, 0.15) is 19.3 Å². The van der Waals surface area contributed by atoms with E-state index in [9.17, 15) is 0 Å². The number of nitrogens with two attached hydrogens (primary N) is 1. The third-order valence-electron chi connectivity index (χ3n) is 4.81. The number of nitrogen functional groups attached to an aromatic ring is 1. The van der Waals surface area contributed by atoms with Crippen molar-refractivity contribution < 1.29 is 4.74 Å². The Morgan fingerprint density at radius 3 is 2.90 bits per heavy atom. The van der Waals surface area contributed by atoms with Gasteiger partial charge in [0.25, 0.3) is 0 Å². The molecule has 0 spiro atoms. The number of anilines is 3. The quantitative estimate of drug-likeness (QED) is 0.806. The maximum atomic E-state index is 6.02. The minimum atomic E-state index is 0.341. The molecule has 1 aromatic rings. The number of hydrogen-bond acceptors (Lipinski definition) is 7. The molecule has 1 aromatic heterocycles. The van der Waals surface area contributed by atoms with Crippen molar-refractivity contribution in [2.24, 2.45) is 0 Å². The second-order valence-electron chi connectivity index (χ2n) is 6.08. The summed E-state index contributed by atoms with van der Waals surface area (Å²) < 4.78 is 6.02. The fourth-order valence-electron chi connectivity index (χ4n) is 3.64. The van der Waals surface area contributed by atoms with Crippen molar-refractivity contribution in [3.05, 3.63) is 0 Å². The standard InChI is InChI=1S/C14H22N6O/c1-16-9-4-6-19(7-9)12-11-13(18-14(15)17-12)20-5-2-3-10(20)8-21-11/h9-10,16H,2-8H2,1H3,(H2,15,17,18)/t9-,10?/m1/s1. The number of fused-ring (bicyclic) bond motifs is 3. The van der Waals surface area contributed by atoms with Gasteiger partial charge < -0.3 is 25.6 Å². The van der Waals surface area contributed by atoms with Crippen molar-refractivity contribution in [1.29, 1.82) is 0 Å². The molecule has 4 rings (SSSR count). The molecule has 0 aliphatic carbocycles. The molecule has 0 bridgehead atoms. The molecule has 0 amide bonds. The molecular formula is C14H22N6O. The number of likely N-dealkylation sites (N-methyl/N-ethyl adjacent to an activating group) is 1. The highest BCUT2D eigenvalue weighted by molar-refractivity contribution is 5.70. The highest BCUT2D eigenvalue weighted by Gasteiger charge is 2.36. The lowest BCUT2D eigenvalue weighted by molar-refractivity contribution is 0.269. The molecule has 0 radical (unpaired) electrons. The molecule has 1 unspecified atom stereocenters. The summed E-state index contributed by atoms with van der Waals surface area (Å²) in [5.74, 6) is 2.91. The van der Waals surface area contributed by atoms with Gasteiger partial charge in [0.05, 0.1) is 6.04 Å². The second kappa shape index (κ2) is 4.91. The summed E-state index contributed by atoms with van der Waals surface area (Å²) in [6, 6.07) is 0.947. The van der Waals surface area contributed by atoms with E-state index >= 15 is 0 Å². The van der Waals surface area contributed by atoms with Gasteiger partial charge in [0, 0.05) is 25.7 Å². The van der Waals surface area contributed by atoms with Crippen molar-refractivity contribution in [3.8, 4) is 5.75 Å². The fraction of sp³-hybridized carbons (Fsp3) is 0.714. The zero-order chi connectivity index (χ0) is 14.4. The van der Waals surface area contributed by atoms with Gasteiger partial charge in [0.1, 0.15) is 6.61 Å². The highest BCUT2D eigenvalue weighted by atomic mass is 16.5. The van der Waals surface area contributed by atoms with Crippen LogP contribution in [-0.4, -0.2) is 55.3 Å². The molecule has 2 atom stereocenters. The van der Waals surface area contributed by atoms with E-state index < -0.39 is 0 Å². The van der Waals surface area contributed by atoms with E-state index in [0.29, 0.717) is 18.0 Å². The second-order valence-corrected chi connectivity index (χ2v) is 6.08. The van der Waals surface area contributed by atoms with Crippen molar-refractivity contribution in [3.63, 3.8) is 0 Å². The molecule has 2 fully saturated rings. The van der Waals surface area contributed by atoms with Gasteiger partial charge in [0.15, 0.2) is 11.6 Å². The monoisotopic (exact) mass is 290 g/mol. The molecule has 114 valence electrons. The van der Waals surface area contributed by atoms with Crippen molar-refractivity contribution in [2.75, 3.05) is 48.8 Å². The first-order chi connectivity index (χ1) is 10.3. The normalized spacial score (nSPS) is 27.5. The molecule has 3 aliphatic heterocycles. The van der Waals surface area contributed by atoms with Crippen LogP contribution < -0.4 is 25.6 Å². The predicted molar refractivity (Wildman–Crippen MR) is 82.0 cm³/mol. The zero-order valence-corrected chi connectivity index (χ0v) is 12.4. The Hall–Kier alpha value is -1.76. The van der Waals surface area contributed by atoms with E-state index in [4.69, 9.17) is 10.5 Å². The smallest absolute Gasteiger partial charge is 0.224 e. The van der Waals surface area contributed by atoms with E-state index in [-0.39, 0.29) is 0 Å². The maximum absolute atomic E-state index is 6.02. The average molecular weight is 290 g/mol. The van der Waals surface area contributed by atoms with Crippen LogP contribution in [0.15, 0.2) is 0 Å². The SMILES string of the molecule is CN[C@@H]1CCN(c2nc(N)nc3c2OCC2CCCN32)C1. The van der Waals surface area contributed by atoms with Gasteiger partial charge in [-0.25, -0.2) is 0 Å². The molecule has 7 nitrogen and oxygen atoms in total. The lowest BCUT2D eigenvalue weighted by Gasteiger charge is -2.34. The van der Waals surface area contributed by atoms with Crippen LogP contribution in [0.4, 0.5) is 17.6 Å². The minimum absolute atomic E-state index is 0.341. The van der Waals surface area contributed by atoms with Gasteiger partial charge in [-0.2, -0.15) is 9.97 Å². The van der Waals surface area contributed by atoms with E-state index in [1.165, 1.54) is 12.8 Å². The van der Waals surface area contributed by atoms with Gasteiger partial charge in [-0.3, -0.25) is 0 Å². The number of hydrogen-bond donors (Lipinski definition) is 2. The summed E-state index contributed by atoms with van der Waals surface area (Å²) in [5.41, 5.74) is 5.95. The Kier molecular flexibility index (Phi) is 3.02. The van der Waals surface area contributed by atoms with E-state index in [2.05, 4.69) is 25.1 Å². The summed E-state index contributed by atoms with van der Waals surface area (Å²) in [6.45, 7) is 3.68. The number of nitrogens with zero attached hydrogens (tertiary/aromatic N) is 4. The predicted octanol–water partition coefficient (Wildman–Crippen LogP) is 0.218. The summed E-state index contributed by atoms with van der Waals surface area (Å²) in [4.78, 5) is 13.5. The van der Waals surface area contributed by atoms with Gasteiger partial charge in [0.2, 0.25) is 11.7 Å². The van der Waals surface area contributed by atoms with Crippen LogP contribution in [0.3, 0.4) is 0 Å². The molecule has 3 N–H and O–H groups in total. The Morgan fingerprint density at radius 2 is 2.10 bits per heavy atom.